The first-order valence-electron chi connectivity index (χ1n) is 7.01. The largest absolute Gasteiger partial charge is 0.310 e. The van der Waals surface area contributed by atoms with Gasteiger partial charge in [0.15, 0.2) is 0 Å². The van der Waals surface area contributed by atoms with Crippen molar-refractivity contribution in [2.24, 2.45) is 0 Å². The highest BCUT2D eigenvalue weighted by Gasteiger charge is 2.02. The molecule has 0 aliphatic carbocycles. The van der Waals surface area contributed by atoms with Crippen LogP contribution in [-0.2, 0) is 19.5 Å². The minimum Gasteiger partial charge on any atom is -0.310 e. The van der Waals surface area contributed by atoms with Crippen molar-refractivity contribution in [3.63, 3.8) is 0 Å². The average Bonchev–Trinajstić information content (AvgIpc) is 2.90. The monoisotopic (exact) mass is 258 g/mol. The van der Waals surface area contributed by atoms with Crippen LogP contribution < -0.4 is 5.32 Å². The topological polar surface area (TPSA) is 42.7 Å². The Hall–Kier alpha value is -1.68. The van der Waals surface area contributed by atoms with Crippen molar-refractivity contribution in [3.8, 4) is 0 Å². The van der Waals surface area contributed by atoms with E-state index in [-0.39, 0.29) is 0 Å². The van der Waals surface area contributed by atoms with Crippen LogP contribution in [0.25, 0.3) is 0 Å². The molecule has 0 aliphatic heterocycles. The Kier molecular flexibility index (Phi) is 5.56. The maximum atomic E-state index is 4.28. The summed E-state index contributed by atoms with van der Waals surface area (Å²) < 4.78 is 2.01. The van der Waals surface area contributed by atoms with Crippen LogP contribution in [0.15, 0.2) is 36.7 Å². The Balaban J connectivity index is 1.72. The molecule has 1 aromatic heterocycles. The van der Waals surface area contributed by atoms with Crippen molar-refractivity contribution in [1.82, 2.24) is 20.1 Å². The molecule has 0 radical (unpaired) electrons. The van der Waals surface area contributed by atoms with Gasteiger partial charge in [-0.3, -0.25) is 0 Å². The minimum atomic E-state index is 0.801. The third kappa shape index (κ3) is 4.48. The number of hydrogen-bond donors (Lipinski definition) is 1. The fourth-order valence-electron chi connectivity index (χ4n) is 2.08. The van der Waals surface area contributed by atoms with Crippen LogP contribution in [0, 0.1) is 0 Å². The highest BCUT2D eigenvalue weighted by Crippen LogP contribution is 2.06. The van der Waals surface area contributed by atoms with E-state index >= 15 is 0 Å². The standard InChI is InChI=1S/C15H22N4/c1-2-16-12-15-17-13-18-19(15)11-7-6-10-14-8-4-3-5-9-14/h3-5,8-9,13,16H,2,6-7,10-12H2,1H3. The number of unbranched alkanes of at least 4 members (excludes halogenated alkanes) is 1. The van der Waals surface area contributed by atoms with Gasteiger partial charge in [-0.1, -0.05) is 37.3 Å². The summed E-state index contributed by atoms with van der Waals surface area (Å²) in [6.07, 6.45) is 5.10. The van der Waals surface area contributed by atoms with Gasteiger partial charge < -0.3 is 5.32 Å². The predicted molar refractivity (Wildman–Crippen MR) is 76.8 cm³/mol. The van der Waals surface area contributed by atoms with Crippen LogP contribution in [0.4, 0.5) is 0 Å². The Labute approximate surface area is 114 Å². The molecule has 0 fully saturated rings. The van der Waals surface area contributed by atoms with Crippen molar-refractivity contribution in [2.45, 2.75) is 39.3 Å². The Bertz CT molecular complexity index is 464. The van der Waals surface area contributed by atoms with E-state index in [1.165, 1.54) is 12.0 Å². The smallest absolute Gasteiger partial charge is 0.140 e. The molecule has 0 atom stereocenters. The SMILES string of the molecule is CCNCc1ncnn1CCCCc1ccccc1. The number of nitrogens with zero attached hydrogens (tertiary/aromatic N) is 3. The van der Waals surface area contributed by atoms with Gasteiger partial charge in [-0.25, -0.2) is 9.67 Å². The molecule has 19 heavy (non-hydrogen) atoms. The molecule has 0 saturated carbocycles. The van der Waals surface area contributed by atoms with Crippen molar-refractivity contribution < 1.29 is 0 Å². The summed E-state index contributed by atoms with van der Waals surface area (Å²) in [6.45, 7) is 4.81. The van der Waals surface area contributed by atoms with Gasteiger partial charge in [-0.2, -0.15) is 5.10 Å². The number of hydrogen-bond acceptors (Lipinski definition) is 3. The first kappa shape index (κ1) is 13.7. The molecular formula is C15H22N4. The highest BCUT2D eigenvalue weighted by atomic mass is 15.3. The van der Waals surface area contributed by atoms with Gasteiger partial charge in [0.05, 0.1) is 6.54 Å². The molecule has 4 nitrogen and oxygen atoms in total. The minimum absolute atomic E-state index is 0.801. The zero-order chi connectivity index (χ0) is 13.3. The highest BCUT2D eigenvalue weighted by molar-refractivity contribution is 5.14. The molecular weight excluding hydrogens is 236 g/mol. The summed E-state index contributed by atoms with van der Waals surface area (Å²) in [5.41, 5.74) is 1.41. The number of nitrogens with one attached hydrogen (secondary N) is 1. The normalized spacial score (nSPS) is 10.8. The van der Waals surface area contributed by atoms with E-state index in [1.54, 1.807) is 6.33 Å². The quantitative estimate of drug-likeness (QED) is 0.739. The predicted octanol–water partition coefficient (Wildman–Crippen LogP) is 2.41. The van der Waals surface area contributed by atoms with Crippen molar-refractivity contribution in [2.75, 3.05) is 6.54 Å². The molecule has 0 amide bonds. The Morgan fingerprint density at radius 3 is 2.79 bits per heavy atom. The van der Waals surface area contributed by atoms with Crippen molar-refractivity contribution in [1.29, 1.82) is 0 Å². The van der Waals surface area contributed by atoms with Crippen LogP contribution in [0.3, 0.4) is 0 Å². The fraction of sp³-hybridized carbons (Fsp3) is 0.467. The maximum absolute atomic E-state index is 4.28. The molecule has 0 spiro atoms. The number of aromatic nitrogens is 3. The van der Waals surface area contributed by atoms with E-state index in [2.05, 4.69) is 52.7 Å². The second-order valence-electron chi connectivity index (χ2n) is 4.62. The lowest BCUT2D eigenvalue weighted by Gasteiger charge is -2.06. The van der Waals surface area contributed by atoms with Gasteiger partial charge in [-0.15, -0.1) is 0 Å². The zero-order valence-corrected chi connectivity index (χ0v) is 11.5. The molecule has 1 heterocycles. The van der Waals surface area contributed by atoms with Gasteiger partial charge in [0, 0.05) is 6.54 Å². The van der Waals surface area contributed by atoms with Crippen LogP contribution in [0.2, 0.25) is 0 Å². The van der Waals surface area contributed by atoms with E-state index in [9.17, 15) is 0 Å². The van der Waals surface area contributed by atoms with Gasteiger partial charge in [-0.05, 0) is 31.4 Å². The van der Waals surface area contributed by atoms with Crippen molar-refractivity contribution >= 4 is 0 Å². The third-order valence-electron chi connectivity index (χ3n) is 3.16. The molecule has 4 heteroatoms. The number of aryl methyl sites for hydroxylation is 2. The second kappa shape index (κ2) is 7.69. The van der Waals surface area contributed by atoms with Crippen LogP contribution in [0.1, 0.15) is 31.2 Å². The lowest BCUT2D eigenvalue weighted by molar-refractivity contribution is 0.520. The first-order valence-corrected chi connectivity index (χ1v) is 7.01. The van der Waals surface area contributed by atoms with Crippen LogP contribution in [-0.4, -0.2) is 21.3 Å². The van der Waals surface area contributed by atoms with Gasteiger partial charge in [0.2, 0.25) is 0 Å². The summed E-state index contributed by atoms with van der Waals surface area (Å²) in [5.74, 6) is 1.03. The number of rotatable bonds is 8. The Morgan fingerprint density at radius 1 is 1.16 bits per heavy atom. The summed E-state index contributed by atoms with van der Waals surface area (Å²) in [5, 5.41) is 7.56. The van der Waals surface area contributed by atoms with E-state index in [0.29, 0.717) is 0 Å². The van der Waals surface area contributed by atoms with Crippen LogP contribution in [0.5, 0.6) is 0 Å². The molecule has 1 N–H and O–H groups in total. The zero-order valence-electron chi connectivity index (χ0n) is 11.5. The summed E-state index contributed by atoms with van der Waals surface area (Å²) in [7, 11) is 0. The van der Waals surface area contributed by atoms with E-state index < -0.39 is 0 Å². The maximum Gasteiger partial charge on any atom is 0.140 e. The van der Waals surface area contributed by atoms with Crippen molar-refractivity contribution in [3.05, 3.63) is 48.0 Å². The molecule has 1 aromatic carbocycles. The molecule has 0 saturated heterocycles. The molecule has 2 aromatic rings. The van der Waals surface area contributed by atoms with E-state index in [4.69, 9.17) is 0 Å². The lowest BCUT2D eigenvalue weighted by Crippen LogP contribution is -2.17. The molecule has 0 unspecified atom stereocenters. The van der Waals surface area contributed by atoms with Crippen LogP contribution >= 0.6 is 0 Å². The first-order chi connectivity index (χ1) is 9.40. The number of benzene rings is 1. The Morgan fingerprint density at radius 2 is 2.00 bits per heavy atom. The molecule has 0 aliphatic rings. The molecule has 2 rings (SSSR count). The van der Waals surface area contributed by atoms with E-state index in [0.717, 1.165) is 38.3 Å². The summed E-state index contributed by atoms with van der Waals surface area (Å²) in [6, 6.07) is 10.6. The fourth-order valence-corrected chi connectivity index (χ4v) is 2.08. The molecule has 102 valence electrons. The second-order valence-corrected chi connectivity index (χ2v) is 4.62. The summed E-state index contributed by atoms with van der Waals surface area (Å²) >= 11 is 0. The summed E-state index contributed by atoms with van der Waals surface area (Å²) in [4.78, 5) is 4.28. The van der Waals surface area contributed by atoms with Gasteiger partial charge >= 0.3 is 0 Å². The lowest BCUT2D eigenvalue weighted by atomic mass is 10.1. The average molecular weight is 258 g/mol. The van der Waals surface area contributed by atoms with Gasteiger partial charge in [0.25, 0.3) is 0 Å². The van der Waals surface area contributed by atoms with E-state index in [1.807, 2.05) is 4.68 Å². The van der Waals surface area contributed by atoms with Gasteiger partial charge in [0.1, 0.15) is 12.2 Å². The molecule has 0 bridgehead atoms. The third-order valence-corrected chi connectivity index (χ3v) is 3.16.